The van der Waals surface area contributed by atoms with Crippen molar-refractivity contribution >= 4 is 11.4 Å². The van der Waals surface area contributed by atoms with Gasteiger partial charge in [-0.3, -0.25) is 9.80 Å². The Kier molecular flexibility index (Phi) is 13.1. The van der Waals surface area contributed by atoms with Gasteiger partial charge in [0.15, 0.2) is 30.6 Å². The molecule has 3 aliphatic rings. The van der Waals surface area contributed by atoms with Crippen molar-refractivity contribution in [2.45, 2.75) is 76.7 Å². The summed E-state index contributed by atoms with van der Waals surface area (Å²) in [6.07, 6.45) is 5.80. The third-order valence-electron chi connectivity index (χ3n) is 11.7. The van der Waals surface area contributed by atoms with Crippen molar-refractivity contribution in [1.82, 2.24) is 0 Å². The first-order valence-electron chi connectivity index (χ1n) is 22.0. The van der Waals surface area contributed by atoms with Crippen molar-refractivity contribution in [2.75, 3.05) is 23.3 Å². The Morgan fingerprint density at radius 2 is 1.19 bits per heavy atom. The second kappa shape index (κ2) is 20.1. The number of hydrogen-bond donors (Lipinski definition) is 0. The summed E-state index contributed by atoms with van der Waals surface area (Å²) in [6, 6.07) is 55.5. The van der Waals surface area contributed by atoms with Crippen LogP contribution in [-0.2, 0) is 32.5 Å². The quantitative estimate of drug-likeness (QED) is 0.0561. The van der Waals surface area contributed by atoms with E-state index in [0.29, 0.717) is 44.6 Å². The Labute approximate surface area is 375 Å². The average Bonchev–Trinajstić information content (AvgIpc) is 3.81. The van der Waals surface area contributed by atoms with E-state index in [1.54, 1.807) is 0 Å². The van der Waals surface area contributed by atoms with Gasteiger partial charge in [-0.1, -0.05) is 122 Å². The number of benzene rings is 6. The molecule has 0 spiro atoms. The fourth-order valence-corrected chi connectivity index (χ4v) is 8.44. The standard InChI is InChI=1S/C54H50N6O4/c1-41(49-26-5-2-21-46(49)38-61-47-24-13-25-48(35-47)63-39-59-32-14-22-44-19-3-6-27-50(44)59)36-54(55-57-58-56-54)31-11-10-16-42-17-12-18-43(34-42)37-62-52-29-8-9-30-53(52)64-40-60-33-15-23-45-20-4-7-28-51(45)60/h2-9,12-13,17-21,24-30,34-35,41H,10-11,16,22-23,31,36-40H2,1H3. The van der Waals surface area contributed by atoms with Gasteiger partial charge < -0.3 is 18.9 Å². The van der Waals surface area contributed by atoms with Gasteiger partial charge in [-0.05, 0) is 112 Å². The predicted molar refractivity (Wildman–Crippen MR) is 249 cm³/mol. The van der Waals surface area contributed by atoms with Crippen molar-refractivity contribution in [2.24, 2.45) is 20.7 Å². The minimum absolute atomic E-state index is 0.140. The third-order valence-corrected chi connectivity index (χ3v) is 11.7. The summed E-state index contributed by atoms with van der Waals surface area (Å²) >= 11 is 0. The number of unbranched alkanes of at least 4 members (excludes halogenated alkanes) is 1. The van der Waals surface area contributed by atoms with E-state index in [-0.39, 0.29) is 5.92 Å². The molecule has 1 unspecified atom stereocenters. The van der Waals surface area contributed by atoms with Gasteiger partial charge in [-0.15, -0.1) is 10.2 Å². The Bertz CT molecular complexity index is 2750. The minimum Gasteiger partial charge on any atom is -0.489 e. The van der Waals surface area contributed by atoms with Crippen LogP contribution in [-0.4, -0.2) is 19.1 Å². The molecule has 6 aromatic carbocycles. The van der Waals surface area contributed by atoms with Gasteiger partial charge in [-0.2, -0.15) is 0 Å². The van der Waals surface area contributed by atoms with Crippen LogP contribution in [0.3, 0.4) is 0 Å². The Morgan fingerprint density at radius 3 is 1.94 bits per heavy atom. The second-order valence-corrected chi connectivity index (χ2v) is 16.3. The lowest BCUT2D eigenvalue weighted by Gasteiger charge is -2.25. The van der Waals surface area contributed by atoms with Crippen molar-refractivity contribution < 1.29 is 18.9 Å². The zero-order valence-corrected chi connectivity index (χ0v) is 36.0. The van der Waals surface area contributed by atoms with E-state index in [2.05, 4.69) is 124 Å². The summed E-state index contributed by atoms with van der Waals surface area (Å²) in [5, 5.41) is 17.2. The highest BCUT2D eigenvalue weighted by molar-refractivity contribution is 5.62. The van der Waals surface area contributed by atoms with Crippen molar-refractivity contribution in [3.8, 4) is 46.9 Å². The van der Waals surface area contributed by atoms with E-state index in [0.717, 1.165) is 72.5 Å². The Morgan fingerprint density at radius 1 is 0.578 bits per heavy atom. The number of hydrogen-bond acceptors (Lipinski definition) is 10. The lowest BCUT2D eigenvalue weighted by molar-refractivity contribution is 0.265. The number of aryl methyl sites for hydroxylation is 1. The molecule has 1 atom stereocenters. The molecule has 0 saturated heterocycles. The molecule has 64 heavy (non-hydrogen) atoms. The lowest BCUT2D eigenvalue weighted by Crippen LogP contribution is -2.25. The summed E-state index contributed by atoms with van der Waals surface area (Å²) < 4.78 is 25.1. The van der Waals surface area contributed by atoms with Crippen molar-refractivity contribution in [3.05, 3.63) is 179 Å². The van der Waals surface area contributed by atoms with E-state index in [4.69, 9.17) is 18.9 Å². The molecule has 9 rings (SSSR count). The van der Waals surface area contributed by atoms with Crippen LogP contribution in [0.1, 0.15) is 71.9 Å². The van der Waals surface area contributed by atoms with Gasteiger partial charge in [0, 0.05) is 37.4 Å². The lowest BCUT2D eigenvalue weighted by atomic mass is 9.86. The minimum atomic E-state index is -0.687. The summed E-state index contributed by atoms with van der Waals surface area (Å²) in [6.45, 7) is 3.71. The molecular formula is C54H50N6O4. The molecule has 3 heterocycles. The molecule has 0 aromatic heterocycles. The molecular weight excluding hydrogens is 797 g/mol. The van der Waals surface area contributed by atoms with Crippen LogP contribution in [0.25, 0.3) is 0 Å². The van der Waals surface area contributed by atoms with Crippen LogP contribution in [0.15, 0.2) is 166 Å². The number of para-hydroxylation sites is 4. The zero-order valence-electron chi connectivity index (χ0n) is 36.0. The van der Waals surface area contributed by atoms with Crippen LogP contribution in [0.2, 0.25) is 0 Å². The van der Waals surface area contributed by atoms with Gasteiger partial charge in [0.05, 0.1) is 11.4 Å². The Balaban J connectivity index is 0.749. The van der Waals surface area contributed by atoms with Gasteiger partial charge in [0.25, 0.3) is 0 Å². The highest BCUT2D eigenvalue weighted by atomic mass is 16.5. The molecule has 0 N–H and O–H groups in total. The number of rotatable bonds is 20. The number of fused-ring (bicyclic) bond motifs is 2. The number of nitrogens with zero attached hydrogens (tertiary/aromatic N) is 6. The molecule has 6 aromatic rings. The maximum atomic E-state index is 6.36. The van der Waals surface area contributed by atoms with Gasteiger partial charge in [0.1, 0.15) is 24.7 Å². The van der Waals surface area contributed by atoms with Gasteiger partial charge in [-0.25, -0.2) is 0 Å². The summed E-state index contributed by atoms with van der Waals surface area (Å²) in [4.78, 5) is 3.89. The topological polar surface area (TPSA) is 92.8 Å². The normalized spacial score (nSPS) is 14.3. The molecule has 10 heteroatoms. The van der Waals surface area contributed by atoms with Crippen LogP contribution < -0.4 is 28.7 Å². The van der Waals surface area contributed by atoms with Gasteiger partial charge >= 0.3 is 0 Å². The SMILES string of the molecule is CC(CC1(CCCCc2cccc(COc3ccccc3OCN3C#CCc4ccccc43)c2)N=NN=N1)c1ccccc1COc1cccc(OCN2C#CCc3ccccc32)c1. The first kappa shape index (κ1) is 41.8. The van der Waals surface area contributed by atoms with Crippen LogP contribution >= 0.6 is 0 Å². The van der Waals surface area contributed by atoms with Crippen LogP contribution in [0.5, 0.6) is 23.0 Å². The molecule has 320 valence electrons. The monoisotopic (exact) mass is 846 g/mol. The Hall–Kier alpha value is -7.56. The number of ether oxygens (including phenoxy) is 4. The van der Waals surface area contributed by atoms with E-state index in [1.165, 1.54) is 22.3 Å². The molecule has 0 saturated carbocycles. The van der Waals surface area contributed by atoms with Crippen LogP contribution in [0.4, 0.5) is 11.4 Å². The highest BCUT2D eigenvalue weighted by Crippen LogP contribution is 2.38. The zero-order chi connectivity index (χ0) is 43.4. The summed E-state index contributed by atoms with van der Waals surface area (Å²) in [7, 11) is 0. The third kappa shape index (κ3) is 10.4. The van der Waals surface area contributed by atoms with E-state index >= 15 is 0 Å². The van der Waals surface area contributed by atoms with Crippen LogP contribution in [0, 0.1) is 23.9 Å². The molecule has 0 aliphatic carbocycles. The maximum absolute atomic E-state index is 6.36. The maximum Gasteiger partial charge on any atom is 0.195 e. The summed E-state index contributed by atoms with van der Waals surface area (Å²) in [5.41, 5.74) is 8.57. The molecule has 10 nitrogen and oxygen atoms in total. The predicted octanol–water partition coefficient (Wildman–Crippen LogP) is 12.0. The fraction of sp³-hybridized carbons (Fsp3) is 0.259. The van der Waals surface area contributed by atoms with E-state index < -0.39 is 5.66 Å². The first-order valence-corrected chi connectivity index (χ1v) is 22.0. The first-order chi connectivity index (χ1) is 31.6. The largest absolute Gasteiger partial charge is 0.489 e. The number of anilines is 2. The summed E-state index contributed by atoms with van der Waals surface area (Å²) in [5.74, 6) is 9.37. The molecule has 0 fully saturated rings. The molecule has 0 radical (unpaired) electrons. The molecule has 0 bridgehead atoms. The van der Waals surface area contributed by atoms with Crippen molar-refractivity contribution in [3.63, 3.8) is 0 Å². The van der Waals surface area contributed by atoms with Crippen molar-refractivity contribution in [1.29, 1.82) is 0 Å². The van der Waals surface area contributed by atoms with E-state index in [1.807, 2.05) is 82.6 Å². The highest BCUT2D eigenvalue weighted by Gasteiger charge is 2.35. The second-order valence-electron chi connectivity index (χ2n) is 16.3. The fourth-order valence-electron chi connectivity index (χ4n) is 8.44. The average molecular weight is 847 g/mol. The molecule has 0 amide bonds. The smallest absolute Gasteiger partial charge is 0.195 e. The molecule has 3 aliphatic heterocycles. The van der Waals surface area contributed by atoms with Gasteiger partial charge in [0.2, 0.25) is 0 Å². The van der Waals surface area contributed by atoms with E-state index in [9.17, 15) is 0 Å².